The third-order valence-electron chi connectivity index (χ3n) is 5.16. The Labute approximate surface area is 197 Å². The third kappa shape index (κ3) is 4.12. The Morgan fingerprint density at radius 2 is 1.76 bits per heavy atom. The van der Waals surface area contributed by atoms with Crippen molar-refractivity contribution >= 4 is 26.8 Å². The highest BCUT2D eigenvalue weighted by atomic mass is 79.9. The number of nitrogens with zero attached hydrogens (tertiary/aromatic N) is 5. The van der Waals surface area contributed by atoms with E-state index in [1.807, 2.05) is 0 Å². The number of hydrogen-bond donors (Lipinski definition) is 1. The lowest BCUT2D eigenvalue weighted by molar-refractivity contribution is 0.181. The minimum Gasteiger partial charge on any atom is -0.507 e. The van der Waals surface area contributed by atoms with Gasteiger partial charge in [0.25, 0.3) is 5.56 Å². The molecule has 0 saturated carbocycles. The van der Waals surface area contributed by atoms with Gasteiger partial charge in [0.1, 0.15) is 17.5 Å². The molecule has 4 aromatic rings. The highest BCUT2D eigenvalue weighted by Gasteiger charge is 2.22. The topological polar surface area (TPSA) is 104 Å². The van der Waals surface area contributed by atoms with Gasteiger partial charge < -0.3 is 9.84 Å². The van der Waals surface area contributed by atoms with E-state index in [2.05, 4.69) is 26.0 Å². The molecule has 0 saturated heterocycles. The molecule has 0 spiro atoms. The minimum absolute atomic E-state index is 0.00500. The number of methoxy groups -OCH3 is 1. The molecule has 2 aromatic heterocycles. The SMILES string of the molecule is COCc1c(Br)cc2c(c1O)c(=O)n(Cc1ncn(C)n1)c(=O)n2Cc1cc(F)c(F)c(F)c1. The fourth-order valence-corrected chi connectivity index (χ4v) is 4.13. The lowest BCUT2D eigenvalue weighted by atomic mass is 10.1. The number of benzene rings is 2. The van der Waals surface area contributed by atoms with Gasteiger partial charge in [0.2, 0.25) is 0 Å². The predicted molar refractivity (Wildman–Crippen MR) is 118 cm³/mol. The second-order valence-corrected chi connectivity index (χ2v) is 8.33. The Kier molecular flexibility index (Phi) is 6.32. The van der Waals surface area contributed by atoms with Gasteiger partial charge in [0.05, 0.1) is 25.2 Å². The van der Waals surface area contributed by atoms with Crippen LogP contribution in [0.15, 0.2) is 38.6 Å². The molecule has 0 bridgehead atoms. The Balaban J connectivity index is 2.02. The summed E-state index contributed by atoms with van der Waals surface area (Å²) in [5.41, 5.74) is -1.48. The van der Waals surface area contributed by atoms with Gasteiger partial charge in [0, 0.05) is 24.2 Å². The fourth-order valence-electron chi connectivity index (χ4n) is 3.61. The lowest BCUT2D eigenvalue weighted by Crippen LogP contribution is -2.41. The maximum atomic E-state index is 13.8. The summed E-state index contributed by atoms with van der Waals surface area (Å²) >= 11 is 3.29. The molecular formula is C21H17BrF3N5O4. The number of halogens is 4. The Morgan fingerprint density at radius 3 is 2.35 bits per heavy atom. The van der Waals surface area contributed by atoms with Crippen LogP contribution in [-0.2, 0) is 31.5 Å². The smallest absolute Gasteiger partial charge is 0.332 e. The van der Waals surface area contributed by atoms with Gasteiger partial charge in [0.15, 0.2) is 23.3 Å². The van der Waals surface area contributed by atoms with Crippen molar-refractivity contribution in [2.45, 2.75) is 19.7 Å². The number of phenolic OH excluding ortho intramolecular Hbond substituents is 1. The van der Waals surface area contributed by atoms with E-state index in [1.54, 1.807) is 7.05 Å². The largest absolute Gasteiger partial charge is 0.507 e. The highest BCUT2D eigenvalue weighted by Crippen LogP contribution is 2.33. The second kappa shape index (κ2) is 9.06. The van der Waals surface area contributed by atoms with Crippen LogP contribution < -0.4 is 11.2 Å². The summed E-state index contributed by atoms with van der Waals surface area (Å²) in [7, 11) is 3.01. The van der Waals surface area contributed by atoms with Crippen molar-refractivity contribution in [2.24, 2.45) is 7.05 Å². The summed E-state index contributed by atoms with van der Waals surface area (Å²) in [5.74, 6) is -4.77. The number of ether oxygens (including phenoxy) is 1. The first kappa shape index (κ1) is 23.7. The van der Waals surface area contributed by atoms with Crippen molar-refractivity contribution in [1.82, 2.24) is 23.9 Å². The number of fused-ring (bicyclic) bond motifs is 1. The molecule has 9 nitrogen and oxygen atoms in total. The van der Waals surface area contributed by atoms with Gasteiger partial charge in [-0.25, -0.2) is 22.9 Å². The zero-order valence-corrected chi connectivity index (χ0v) is 19.4. The van der Waals surface area contributed by atoms with E-state index < -0.39 is 41.0 Å². The molecule has 0 radical (unpaired) electrons. The first-order valence-electron chi connectivity index (χ1n) is 9.77. The number of phenols is 1. The molecule has 13 heteroatoms. The normalized spacial score (nSPS) is 11.5. The molecule has 0 fully saturated rings. The molecule has 0 aliphatic rings. The van der Waals surface area contributed by atoms with Crippen LogP contribution in [0, 0.1) is 17.5 Å². The molecule has 0 aliphatic heterocycles. The van der Waals surface area contributed by atoms with E-state index in [9.17, 15) is 27.9 Å². The molecule has 34 heavy (non-hydrogen) atoms. The van der Waals surface area contributed by atoms with Crippen LogP contribution in [-0.4, -0.2) is 36.1 Å². The molecule has 2 heterocycles. The summed E-state index contributed by atoms with van der Waals surface area (Å²) in [6.07, 6.45) is 1.38. The van der Waals surface area contributed by atoms with Crippen LogP contribution in [0.2, 0.25) is 0 Å². The van der Waals surface area contributed by atoms with Crippen LogP contribution in [0.3, 0.4) is 0 Å². The molecule has 178 valence electrons. The summed E-state index contributed by atoms with van der Waals surface area (Å²) in [6, 6.07) is 2.92. The first-order chi connectivity index (χ1) is 16.1. The molecule has 0 amide bonds. The van der Waals surface area contributed by atoms with Crippen LogP contribution >= 0.6 is 15.9 Å². The molecule has 0 unspecified atom stereocenters. The molecule has 2 aromatic carbocycles. The van der Waals surface area contributed by atoms with E-state index in [4.69, 9.17) is 4.74 Å². The van der Waals surface area contributed by atoms with E-state index in [1.165, 1.54) is 24.2 Å². The van der Waals surface area contributed by atoms with Gasteiger partial charge >= 0.3 is 5.69 Å². The Bertz CT molecular complexity index is 1520. The minimum atomic E-state index is -1.64. The molecule has 4 rings (SSSR count). The zero-order chi connectivity index (χ0) is 24.7. The lowest BCUT2D eigenvalue weighted by Gasteiger charge is -2.17. The highest BCUT2D eigenvalue weighted by molar-refractivity contribution is 9.10. The number of rotatable bonds is 6. The van der Waals surface area contributed by atoms with Crippen molar-refractivity contribution in [3.05, 3.63) is 84.2 Å². The number of aromatic nitrogens is 5. The van der Waals surface area contributed by atoms with Gasteiger partial charge in [-0.05, 0) is 23.8 Å². The molecule has 0 atom stereocenters. The fraction of sp³-hybridized carbons (Fsp3) is 0.238. The van der Waals surface area contributed by atoms with Crippen molar-refractivity contribution in [1.29, 1.82) is 0 Å². The summed E-state index contributed by atoms with van der Waals surface area (Å²) < 4.78 is 49.7. The number of aromatic hydroxyl groups is 1. The number of hydrogen-bond acceptors (Lipinski definition) is 6. The van der Waals surface area contributed by atoms with Crippen LogP contribution in [0.5, 0.6) is 5.75 Å². The van der Waals surface area contributed by atoms with Gasteiger partial charge in [-0.3, -0.25) is 18.6 Å². The van der Waals surface area contributed by atoms with Crippen molar-refractivity contribution in [2.75, 3.05) is 7.11 Å². The standard InChI is InChI=1S/C21H17BrF3N5O4/c1-28-9-26-16(27-28)7-30-20(32)17-15(5-12(22)11(8-34-2)19(17)31)29(21(30)33)6-10-3-13(23)18(25)14(24)4-10/h3-5,9,31H,6-8H2,1-2H3. The predicted octanol–water partition coefficient (Wildman–Crippen LogP) is 2.42. The Hall–Kier alpha value is -3.45. The zero-order valence-electron chi connectivity index (χ0n) is 17.9. The molecular weight excluding hydrogens is 523 g/mol. The van der Waals surface area contributed by atoms with Crippen molar-refractivity contribution < 1.29 is 23.0 Å². The average molecular weight is 540 g/mol. The van der Waals surface area contributed by atoms with Crippen LogP contribution in [0.25, 0.3) is 10.9 Å². The van der Waals surface area contributed by atoms with E-state index >= 15 is 0 Å². The maximum Gasteiger partial charge on any atom is 0.332 e. The first-order valence-corrected chi connectivity index (χ1v) is 10.6. The van der Waals surface area contributed by atoms with Gasteiger partial charge in [-0.1, -0.05) is 15.9 Å². The quantitative estimate of drug-likeness (QED) is 0.377. The molecule has 1 N–H and O–H groups in total. The monoisotopic (exact) mass is 539 g/mol. The maximum absolute atomic E-state index is 13.8. The van der Waals surface area contributed by atoms with Crippen molar-refractivity contribution in [3.8, 4) is 5.75 Å². The summed E-state index contributed by atoms with van der Waals surface area (Å²) in [5, 5.41) is 14.8. The van der Waals surface area contributed by atoms with Gasteiger partial charge in [-0.15, -0.1) is 0 Å². The third-order valence-corrected chi connectivity index (χ3v) is 5.87. The van der Waals surface area contributed by atoms with Crippen LogP contribution in [0.1, 0.15) is 17.0 Å². The average Bonchev–Trinajstić information content (AvgIpc) is 3.19. The van der Waals surface area contributed by atoms with Gasteiger partial charge in [-0.2, -0.15) is 5.10 Å². The van der Waals surface area contributed by atoms with E-state index in [0.29, 0.717) is 4.47 Å². The van der Waals surface area contributed by atoms with Crippen molar-refractivity contribution in [3.63, 3.8) is 0 Å². The van der Waals surface area contributed by atoms with E-state index in [0.717, 1.165) is 21.3 Å². The summed E-state index contributed by atoms with van der Waals surface area (Å²) in [4.78, 5) is 30.7. The summed E-state index contributed by atoms with van der Waals surface area (Å²) in [6.45, 7) is -0.790. The molecule has 0 aliphatic carbocycles. The van der Waals surface area contributed by atoms with Crippen LogP contribution in [0.4, 0.5) is 13.2 Å². The number of aryl methyl sites for hydroxylation is 1. The van der Waals surface area contributed by atoms with E-state index in [-0.39, 0.29) is 41.0 Å². The second-order valence-electron chi connectivity index (χ2n) is 7.48. The Morgan fingerprint density at radius 1 is 1.09 bits per heavy atom.